The molecule has 0 bridgehead atoms. The third kappa shape index (κ3) is 4.10. The molecule has 1 aliphatic heterocycles. The number of rotatable bonds is 1. The quantitative estimate of drug-likeness (QED) is 0.474. The summed E-state index contributed by atoms with van der Waals surface area (Å²) in [5.41, 5.74) is 1.06. The van der Waals surface area contributed by atoms with Crippen molar-refractivity contribution in [3.63, 3.8) is 0 Å². The Balaban J connectivity index is 0.00000144. The molecule has 1 saturated heterocycles. The molecule has 17 heavy (non-hydrogen) atoms. The molecule has 0 unspecified atom stereocenters. The van der Waals surface area contributed by atoms with Crippen LogP contribution in [0.1, 0.15) is 0 Å². The number of halogens is 1. The van der Waals surface area contributed by atoms with E-state index in [2.05, 4.69) is 22.4 Å². The van der Waals surface area contributed by atoms with Gasteiger partial charge in [0.15, 0.2) is 0 Å². The number of piperazine rings is 1. The van der Waals surface area contributed by atoms with Gasteiger partial charge in [-0.3, -0.25) is 0 Å². The van der Waals surface area contributed by atoms with Crippen LogP contribution < -0.4 is 4.90 Å². The molecule has 0 amide bonds. The Kier molecular flexibility index (Phi) is 6.23. The Morgan fingerprint density at radius 3 is 2.12 bits per heavy atom. The molecule has 0 spiro atoms. The van der Waals surface area contributed by atoms with Crippen LogP contribution in [0.15, 0.2) is 24.3 Å². The van der Waals surface area contributed by atoms with Crippen molar-refractivity contribution in [2.45, 2.75) is 0 Å². The Hall–Kier alpha value is 0.190. The van der Waals surface area contributed by atoms with Gasteiger partial charge in [0, 0.05) is 31.9 Å². The zero-order valence-electron chi connectivity index (χ0n) is 8.77. The first-order valence-electron chi connectivity index (χ1n) is 5.15. The summed E-state index contributed by atoms with van der Waals surface area (Å²) in [5, 5.41) is 0. The molecule has 0 saturated carbocycles. The fourth-order valence-electron chi connectivity index (χ4n) is 1.81. The van der Waals surface area contributed by atoms with Crippen molar-refractivity contribution in [1.29, 1.82) is 0 Å². The third-order valence-electron chi connectivity index (χ3n) is 2.74. The van der Waals surface area contributed by atoms with Crippen molar-refractivity contribution in [2.24, 2.45) is 0 Å². The summed E-state index contributed by atoms with van der Waals surface area (Å²) in [4.78, 5) is 4.29. The molecule has 0 aliphatic carbocycles. The number of thiol groups is 1. The number of hydrogen-bond acceptors (Lipinski definition) is 2. The van der Waals surface area contributed by atoms with E-state index in [1.54, 1.807) is 0 Å². The second-order valence-electron chi connectivity index (χ2n) is 3.73. The summed E-state index contributed by atoms with van der Waals surface area (Å²) in [6, 6.07) is 6.60. The van der Waals surface area contributed by atoms with Crippen molar-refractivity contribution in [3.8, 4) is 0 Å². The van der Waals surface area contributed by atoms with E-state index >= 15 is 0 Å². The summed E-state index contributed by atoms with van der Waals surface area (Å²) >= 11 is 9.17. The zero-order chi connectivity index (χ0) is 11.5. The van der Waals surface area contributed by atoms with Gasteiger partial charge < -0.3 is 9.80 Å². The second-order valence-corrected chi connectivity index (χ2v) is 4.85. The minimum absolute atomic E-state index is 0. The van der Waals surface area contributed by atoms with Gasteiger partial charge in [0.2, 0.25) is 0 Å². The number of anilines is 1. The van der Waals surface area contributed by atoms with E-state index in [-0.39, 0.29) is 35.4 Å². The molecule has 1 aliphatic rings. The molecule has 1 fully saturated rings. The van der Waals surface area contributed by atoms with Gasteiger partial charge in [0.05, 0.1) is 0 Å². The summed E-state index contributed by atoms with van der Waals surface area (Å²) in [7, 11) is 0. The van der Waals surface area contributed by atoms with Crippen LogP contribution in [-0.4, -0.2) is 65.0 Å². The van der Waals surface area contributed by atoms with Gasteiger partial charge in [-0.2, -0.15) is 0 Å². The SMILES string of the molecule is Fc1ccc(N2CCN(C(=S)S)CC2)cc1.[NaH]. The molecule has 0 radical (unpaired) electrons. The fraction of sp³-hybridized carbons (Fsp3) is 0.364. The van der Waals surface area contributed by atoms with Crippen LogP contribution in [-0.2, 0) is 0 Å². The van der Waals surface area contributed by atoms with Gasteiger partial charge in [-0.05, 0) is 24.3 Å². The normalized spacial score (nSPS) is 15.4. The first kappa shape index (κ1) is 15.2. The third-order valence-corrected chi connectivity index (χ3v) is 3.28. The van der Waals surface area contributed by atoms with Gasteiger partial charge in [-0.1, -0.05) is 12.2 Å². The zero-order valence-corrected chi connectivity index (χ0v) is 10.5. The van der Waals surface area contributed by atoms with Crippen LogP contribution in [0.25, 0.3) is 0 Å². The molecule has 1 heterocycles. The van der Waals surface area contributed by atoms with Gasteiger partial charge in [-0.15, -0.1) is 12.6 Å². The molecule has 1 aromatic carbocycles. The topological polar surface area (TPSA) is 6.48 Å². The van der Waals surface area contributed by atoms with Crippen molar-refractivity contribution in [2.75, 3.05) is 31.1 Å². The van der Waals surface area contributed by atoms with Crippen molar-refractivity contribution in [1.82, 2.24) is 4.90 Å². The van der Waals surface area contributed by atoms with E-state index in [0.717, 1.165) is 31.9 Å². The van der Waals surface area contributed by atoms with Gasteiger partial charge >= 0.3 is 29.6 Å². The van der Waals surface area contributed by atoms with Crippen LogP contribution in [0.4, 0.5) is 10.1 Å². The Bertz CT molecular complexity index is 378. The summed E-state index contributed by atoms with van der Waals surface area (Å²) in [6.07, 6.45) is 0. The maximum atomic E-state index is 12.8. The fourth-order valence-corrected chi connectivity index (χ4v) is 2.19. The predicted octanol–water partition coefficient (Wildman–Crippen LogP) is 1.51. The monoisotopic (exact) mass is 280 g/mol. The Morgan fingerprint density at radius 2 is 1.65 bits per heavy atom. The van der Waals surface area contributed by atoms with E-state index in [1.165, 1.54) is 12.1 Å². The van der Waals surface area contributed by atoms with E-state index < -0.39 is 0 Å². The molecular weight excluding hydrogens is 266 g/mol. The van der Waals surface area contributed by atoms with E-state index in [1.807, 2.05) is 12.1 Å². The summed E-state index contributed by atoms with van der Waals surface area (Å²) < 4.78 is 13.4. The summed E-state index contributed by atoms with van der Waals surface area (Å²) in [6.45, 7) is 3.54. The van der Waals surface area contributed by atoms with E-state index in [9.17, 15) is 4.39 Å². The number of benzene rings is 1. The van der Waals surface area contributed by atoms with E-state index in [0.29, 0.717) is 4.32 Å². The molecule has 2 rings (SSSR count). The van der Waals surface area contributed by atoms with Gasteiger partial charge in [0.25, 0.3) is 0 Å². The van der Waals surface area contributed by atoms with Gasteiger partial charge in [-0.25, -0.2) is 4.39 Å². The standard InChI is InChI=1S/C11H13FN2S2.Na.H/c12-9-1-3-10(4-2-9)13-5-7-14(8-6-13)11(15)16;;/h1-4H,5-8H2,(H,15,16);;. The molecular formula is C11H14FN2NaS2. The van der Waals surface area contributed by atoms with Crippen LogP contribution in [0, 0.1) is 5.82 Å². The van der Waals surface area contributed by atoms with Crippen molar-refractivity contribution < 1.29 is 4.39 Å². The Morgan fingerprint density at radius 1 is 1.12 bits per heavy atom. The molecule has 0 atom stereocenters. The first-order chi connectivity index (χ1) is 7.66. The second kappa shape index (κ2) is 6.95. The molecule has 0 aromatic heterocycles. The van der Waals surface area contributed by atoms with E-state index in [4.69, 9.17) is 12.2 Å². The summed E-state index contributed by atoms with van der Waals surface area (Å²) in [5.74, 6) is -0.195. The van der Waals surface area contributed by atoms with Crippen LogP contribution in [0.3, 0.4) is 0 Å². The molecule has 6 heteroatoms. The van der Waals surface area contributed by atoms with Crippen molar-refractivity contribution >= 4 is 64.4 Å². The number of thiocarbonyl (C=S) groups is 1. The Labute approximate surface area is 134 Å². The molecule has 88 valence electrons. The van der Waals surface area contributed by atoms with Crippen LogP contribution in [0.5, 0.6) is 0 Å². The minimum atomic E-state index is -0.195. The maximum absolute atomic E-state index is 12.8. The van der Waals surface area contributed by atoms with Crippen LogP contribution in [0.2, 0.25) is 0 Å². The molecule has 0 N–H and O–H groups in total. The van der Waals surface area contributed by atoms with Crippen LogP contribution >= 0.6 is 24.8 Å². The molecule has 2 nitrogen and oxygen atoms in total. The average molecular weight is 280 g/mol. The number of hydrogen-bond donors (Lipinski definition) is 1. The predicted molar refractivity (Wildman–Crippen MR) is 78.9 cm³/mol. The average Bonchev–Trinajstić information content (AvgIpc) is 2.30. The molecule has 1 aromatic rings. The first-order valence-corrected chi connectivity index (χ1v) is 6.01. The number of nitrogens with zero attached hydrogens (tertiary/aromatic N) is 2. The van der Waals surface area contributed by atoms with Gasteiger partial charge in [0.1, 0.15) is 10.1 Å². The van der Waals surface area contributed by atoms with Crippen molar-refractivity contribution in [3.05, 3.63) is 30.1 Å².